The van der Waals surface area contributed by atoms with Gasteiger partial charge in [0.25, 0.3) is 0 Å². The Morgan fingerprint density at radius 3 is 2.70 bits per heavy atom. The van der Waals surface area contributed by atoms with E-state index in [1.165, 1.54) is 0 Å². The molecule has 1 heterocycles. The summed E-state index contributed by atoms with van der Waals surface area (Å²) in [6.07, 6.45) is 3.66. The van der Waals surface area contributed by atoms with Crippen molar-refractivity contribution in [3.05, 3.63) is 53.9 Å². The van der Waals surface area contributed by atoms with E-state index in [1.807, 2.05) is 38.4 Å². The summed E-state index contributed by atoms with van der Waals surface area (Å²) in [6.45, 7) is 2.75. The molecule has 2 aromatic rings. The number of nitrogens with zero attached hydrogens (tertiary/aromatic N) is 2. The number of benzene rings is 1. The summed E-state index contributed by atoms with van der Waals surface area (Å²) >= 11 is 0. The fourth-order valence-electron chi connectivity index (χ4n) is 2.35. The number of aromatic nitrogens is 1. The quantitative estimate of drug-likeness (QED) is 0.908. The van der Waals surface area contributed by atoms with Gasteiger partial charge in [-0.1, -0.05) is 12.1 Å². The van der Waals surface area contributed by atoms with Crippen LogP contribution in [0, 0.1) is 0 Å². The highest BCUT2D eigenvalue weighted by atomic mass is 16.5. The van der Waals surface area contributed by atoms with Crippen LogP contribution in [0.1, 0.15) is 24.1 Å². The molecule has 0 saturated carbocycles. The summed E-state index contributed by atoms with van der Waals surface area (Å²) in [7, 11) is 3.72. The zero-order valence-electron chi connectivity index (χ0n) is 12.2. The molecule has 0 saturated heterocycles. The smallest absolute Gasteiger partial charge is 0.125 e. The Bertz CT molecular complexity index is 555. The van der Waals surface area contributed by atoms with Crippen molar-refractivity contribution in [2.75, 3.05) is 19.1 Å². The van der Waals surface area contributed by atoms with Crippen molar-refractivity contribution in [3.63, 3.8) is 0 Å². The highest BCUT2D eigenvalue weighted by molar-refractivity contribution is 5.60. The first-order valence-corrected chi connectivity index (χ1v) is 6.66. The van der Waals surface area contributed by atoms with E-state index in [9.17, 15) is 0 Å². The summed E-state index contributed by atoms with van der Waals surface area (Å²) in [6, 6.07) is 9.92. The number of nitrogens with two attached hydrogens (primary N) is 1. The fraction of sp³-hybridized carbons (Fsp3) is 0.312. The molecule has 0 bridgehead atoms. The minimum absolute atomic E-state index is 0.0856. The van der Waals surface area contributed by atoms with Gasteiger partial charge in [0, 0.05) is 43.3 Å². The second kappa shape index (κ2) is 6.39. The molecule has 0 aliphatic heterocycles. The number of methoxy groups -OCH3 is 1. The second-order valence-corrected chi connectivity index (χ2v) is 4.90. The van der Waals surface area contributed by atoms with Crippen molar-refractivity contribution in [3.8, 4) is 5.75 Å². The van der Waals surface area contributed by atoms with Gasteiger partial charge in [0.2, 0.25) is 0 Å². The third-order valence-electron chi connectivity index (χ3n) is 3.27. The van der Waals surface area contributed by atoms with E-state index in [-0.39, 0.29) is 6.04 Å². The molecular formula is C16H21N3O. The molecule has 1 aromatic heterocycles. The topological polar surface area (TPSA) is 51.4 Å². The van der Waals surface area contributed by atoms with Crippen LogP contribution in [0.5, 0.6) is 5.75 Å². The molecule has 2 rings (SSSR count). The zero-order valence-corrected chi connectivity index (χ0v) is 12.2. The van der Waals surface area contributed by atoms with Gasteiger partial charge in [-0.3, -0.25) is 4.98 Å². The Hall–Kier alpha value is -2.07. The molecule has 0 fully saturated rings. The second-order valence-electron chi connectivity index (χ2n) is 4.90. The van der Waals surface area contributed by atoms with Crippen LogP contribution >= 0.6 is 0 Å². The van der Waals surface area contributed by atoms with E-state index in [2.05, 4.69) is 22.0 Å². The predicted octanol–water partition coefficient (Wildman–Crippen LogP) is 2.75. The fourth-order valence-corrected chi connectivity index (χ4v) is 2.35. The molecule has 4 nitrogen and oxygen atoms in total. The minimum atomic E-state index is -0.0856. The largest absolute Gasteiger partial charge is 0.496 e. The lowest BCUT2D eigenvalue weighted by Crippen LogP contribution is -2.20. The van der Waals surface area contributed by atoms with E-state index in [0.717, 1.165) is 29.1 Å². The zero-order chi connectivity index (χ0) is 14.5. The van der Waals surface area contributed by atoms with Crippen molar-refractivity contribution in [1.82, 2.24) is 4.98 Å². The van der Waals surface area contributed by atoms with E-state index in [0.29, 0.717) is 0 Å². The Morgan fingerprint density at radius 1 is 1.30 bits per heavy atom. The van der Waals surface area contributed by atoms with Crippen LogP contribution in [0.15, 0.2) is 42.7 Å². The molecule has 0 aliphatic rings. The number of hydrogen-bond acceptors (Lipinski definition) is 4. The van der Waals surface area contributed by atoms with Gasteiger partial charge < -0.3 is 15.4 Å². The van der Waals surface area contributed by atoms with Gasteiger partial charge in [0.1, 0.15) is 5.75 Å². The number of anilines is 1. The lowest BCUT2D eigenvalue weighted by molar-refractivity contribution is 0.407. The van der Waals surface area contributed by atoms with Gasteiger partial charge in [-0.2, -0.15) is 0 Å². The van der Waals surface area contributed by atoms with Crippen molar-refractivity contribution in [1.29, 1.82) is 0 Å². The molecule has 0 aliphatic carbocycles. The van der Waals surface area contributed by atoms with Crippen LogP contribution < -0.4 is 15.4 Å². The molecule has 0 radical (unpaired) electrons. The van der Waals surface area contributed by atoms with Crippen molar-refractivity contribution in [2.24, 2.45) is 5.73 Å². The van der Waals surface area contributed by atoms with Gasteiger partial charge >= 0.3 is 0 Å². The number of rotatable bonds is 5. The van der Waals surface area contributed by atoms with Crippen LogP contribution in [0.4, 0.5) is 5.69 Å². The highest BCUT2D eigenvalue weighted by Gasteiger charge is 2.16. The maximum Gasteiger partial charge on any atom is 0.125 e. The number of ether oxygens (including phenoxy) is 1. The lowest BCUT2D eigenvalue weighted by atomic mass is 10.0. The third kappa shape index (κ3) is 3.08. The van der Waals surface area contributed by atoms with Crippen LogP contribution in [-0.2, 0) is 6.54 Å². The predicted molar refractivity (Wildman–Crippen MR) is 81.9 cm³/mol. The molecule has 106 valence electrons. The van der Waals surface area contributed by atoms with Crippen LogP contribution in [0.3, 0.4) is 0 Å². The Labute approximate surface area is 120 Å². The summed E-state index contributed by atoms with van der Waals surface area (Å²) in [5.41, 5.74) is 9.38. The Kier molecular flexibility index (Phi) is 4.58. The van der Waals surface area contributed by atoms with Gasteiger partial charge in [0.05, 0.1) is 7.11 Å². The Balaban J connectivity index is 2.32. The maximum absolute atomic E-state index is 6.10. The van der Waals surface area contributed by atoms with Crippen LogP contribution in [-0.4, -0.2) is 19.1 Å². The van der Waals surface area contributed by atoms with Gasteiger partial charge in [-0.25, -0.2) is 0 Å². The standard InChI is InChI=1S/C16H21N3O/c1-12(17)16-14(7-4-8-15(16)20-3)19(2)11-13-6-5-9-18-10-13/h4-10,12H,11,17H2,1-3H3. The molecule has 1 unspecified atom stereocenters. The maximum atomic E-state index is 6.10. The molecule has 20 heavy (non-hydrogen) atoms. The average Bonchev–Trinajstić information content (AvgIpc) is 2.47. The average molecular weight is 271 g/mol. The normalized spacial score (nSPS) is 12.0. The number of pyridine rings is 1. The van der Waals surface area contributed by atoms with E-state index in [4.69, 9.17) is 10.5 Å². The highest BCUT2D eigenvalue weighted by Crippen LogP contribution is 2.33. The number of hydrogen-bond donors (Lipinski definition) is 1. The summed E-state index contributed by atoms with van der Waals surface area (Å²) < 4.78 is 5.43. The first-order valence-electron chi connectivity index (χ1n) is 6.66. The first kappa shape index (κ1) is 14.3. The van der Waals surface area contributed by atoms with E-state index >= 15 is 0 Å². The van der Waals surface area contributed by atoms with Crippen molar-refractivity contribution < 1.29 is 4.74 Å². The van der Waals surface area contributed by atoms with Crippen LogP contribution in [0.25, 0.3) is 0 Å². The Morgan fingerprint density at radius 2 is 2.10 bits per heavy atom. The van der Waals surface area contributed by atoms with Gasteiger partial charge in [0.15, 0.2) is 0 Å². The monoisotopic (exact) mass is 271 g/mol. The minimum Gasteiger partial charge on any atom is -0.496 e. The summed E-state index contributed by atoms with van der Waals surface area (Å²) in [4.78, 5) is 6.31. The molecule has 1 aromatic carbocycles. The lowest BCUT2D eigenvalue weighted by Gasteiger charge is -2.25. The molecule has 0 amide bonds. The molecule has 4 heteroatoms. The first-order chi connectivity index (χ1) is 9.63. The third-order valence-corrected chi connectivity index (χ3v) is 3.27. The van der Waals surface area contributed by atoms with Gasteiger partial charge in [-0.05, 0) is 30.7 Å². The molecule has 2 N–H and O–H groups in total. The molecule has 0 spiro atoms. The summed E-state index contributed by atoms with van der Waals surface area (Å²) in [5, 5.41) is 0. The van der Waals surface area contributed by atoms with Gasteiger partial charge in [-0.15, -0.1) is 0 Å². The van der Waals surface area contributed by atoms with E-state index in [1.54, 1.807) is 13.3 Å². The summed E-state index contributed by atoms with van der Waals surface area (Å²) in [5.74, 6) is 0.829. The molecular weight excluding hydrogens is 250 g/mol. The SMILES string of the molecule is COc1cccc(N(C)Cc2cccnc2)c1C(C)N. The molecule has 1 atom stereocenters. The van der Waals surface area contributed by atoms with Crippen LogP contribution in [0.2, 0.25) is 0 Å². The van der Waals surface area contributed by atoms with Crippen molar-refractivity contribution in [2.45, 2.75) is 19.5 Å². The van der Waals surface area contributed by atoms with Crippen molar-refractivity contribution >= 4 is 5.69 Å². The van der Waals surface area contributed by atoms with E-state index < -0.39 is 0 Å².